The number of nitrogens with zero attached hydrogens (tertiary/aromatic N) is 4. The van der Waals surface area contributed by atoms with Crippen LogP contribution in [0.3, 0.4) is 0 Å². The number of hydrogen-bond donors (Lipinski definition) is 0. The van der Waals surface area contributed by atoms with Crippen LogP contribution in [0.2, 0.25) is 0 Å². The van der Waals surface area contributed by atoms with Crippen LogP contribution < -0.4 is 0 Å². The van der Waals surface area contributed by atoms with Crippen LogP contribution in [0.15, 0.2) is 67.0 Å². The highest BCUT2D eigenvalue weighted by molar-refractivity contribution is 5.95. The first-order valence-corrected chi connectivity index (χ1v) is 11.2. The Balaban J connectivity index is 1.50. The summed E-state index contributed by atoms with van der Waals surface area (Å²) in [4.78, 5) is 37.7. The zero-order chi connectivity index (χ0) is 23.9. The number of carbonyl (C=O) groups excluding carboxylic acids is 2. The number of ether oxygens (including phenoxy) is 1. The molecule has 1 aliphatic heterocycles. The van der Waals surface area contributed by atoms with Crippen LogP contribution in [0.4, 0.5) is 4.39 Å². The first-order chi connectivity index (χ1) is 16.5. The van der Waals surface area contributed by atoms with Crippen LogP contribution in [0.1, 0.15) is 27.3 Å². The van der Waals surface area contributed by atoms with Crippen molar-refractivity contribution in [1.82, 2.24) is 19.8 Å². The Hall–Kier alpha value is -3.65. The number of amides is 2. The molecule has 34 heavy (non-hydrogen) atoms. The second kappa shape index (κ2) is 11.0. The third kappa shape index (κ3) is 6.23. The highest BCUT2D eigenvalue weighted by atomic mass is 19.1. The molecule has 0 N–H and O–H groups in total. The van der Waals surface area contributed by atoms with Gasteiger partial charge < -0.3 is 14.5 Å². The standard InChI is InChI=1S/C26H27FN4O3/c1-19-13-29-24(14-28-19)26(33)31-16-23(34-18-21-8-5-9-22(27)12-21)15-30(25(32)17-31)11-10-20-6-3-2-4-7-20/h2-9,12-14,23H,10-11,15-18H2,1H3/t23-/m1/s1. The Morgan fingerprint density at radius 3 is 2.59 bits per heavy atom. The summed E-state index contributed by atoms with van der Waals surface area (Å²) in [6.45, 7) is 2.97. The number of aromatic nitrogens is 2. The number of hydrogen-bond acceptors (Lipinski definition) is 5. The summed E-state index contributed by atoms with van der Waals surface area (Å²) in [6.07, 6.45) is 3.20. The quantitative estimate of drug-likeness (QED) is 0.540. The summed E-state index contributed by atoms with van der Waals surface area (Å²) in [5, 5.41) is 0. The van der Waals surface area contributed by atoms with Crippen molar-refractivity contribution in [2.45, 2.75) is 26.1 Å². The highest BCUT2D eigenvalue weighted by Gasteiger charge is 2.31. The molecule has 3 aromatic rings. The first-order valence-electron chi connectivity index (χ1n) is 11.2. The molecule has 2 amide bonds. The largest absolute Gasteiger partial charge is 0.370 e. The highest BCUT2D eigenvalue weighted by Crippen LogP contribution is 2.15. The van der Waals surface area contributed by atoms with E-state index in [4.69, 9.17) is 4.74 Å². The van der Waals surface area contributed by atoms with E-state index >= 15 is 0 Å². The van der Waals surface area contributed by atoms with E-state index in [-0.39, 0.29) is 43.0 Å². The van der Waals surface area contributed by atoms with Crippen molar-refractivity contribution >= 4 is 11.8 Å². The van der Waals surface area contributed by atoms with E-state index in [0.717, 1.165) is 5.56 Å². The molecule has 0 spiro atoms. The van der Waals surface area contributed by atoms with Crippen molar-refractivity contribution in [1.29, 1.82) is 0 Å². The number of rotatable bonds is 7. The molecule has 0 saturated carbocycles. The molecular formula is C26H27FN4O3. The summed E-state index contributed by atoms with van der Waals surface area (Å²) in [5.74, 6) is -0.859. The van der Waals surface area contributed by atoms with Gasteiger partial charge in [-0.05, 0) is 36.6 Å². The molecule has 1 aromatic heterocycles. The Bertz CT molecular complexity index is 1120. The molecule has 1 atom stereocenters. The molecule has 4 rings (SSSR count). The molecule has 0 bridgehead atoms. The van der Waals surface area contributed by atoms with Gasteiger partial charge in [-0.3, -0.25) is 14.6 Å². The Morgan fingerprint density at radius 2 is 1.85 bits per heavy atom. The van der Waals surface area contributed by atoms with E-state index in [0.29, 0.717) is 30.8 Å². The molecule has 2 heterocycles. The molecule has 1 fully saturated rings. The number of benzene rings is 2. The third-order valence-corrected chi connectivity index (χ3v) is 5.70. The van der Waals surface area contributed by atoms with Crippen molar-refractivity contribution < 1.29 is 18.7 Å². The summed E-state index contributed by atoms with van der Waals surface area (Å²) in [7, 11) is 0. The third-order valence-electron chi connectivity index (χ3n) is 5.70. The lowest BCUT2D eigenvalue weighted by Gasteiger charge is -2.25. The topological polar surface area (TPSA) is 75.6 Å². The minimum Gasteiger partial charge on any atom is -0.370 e. The van der Waals surface area contributed by atoms with Gasteiger partial charge in [0, 0.05) is 25.8 Å². The SMILES string of the molecule is Cc1cnc(C(=O)N2CC(=O)N(CCc3ccccc3)C[C@@H](OCc3cccc(F)c3)C2)cn1. The molecule has 0 unspecified atom stereocenters. The second-order valence-corrected chi connectivity index (χ2v) is 8.37. The zero-order valence-corrected chi connectivity index (χ0v) is 19.1. The van der Waals surface area contributed by atoms with Crippen LogP contribution in [0, 0.1) is 12.7 Å². The fourth-order valence-electron chi connectivity index (χ4n) is 3.87. The maximum atomic E-state index is 13.6. The summed E-state index contributed by atoms with van der Waals surface area (Å²) < 4.78 is 19.7. The van der Waals surface area contributed by atoms with Gasteiger partial charge in [0.25, 0.3) is 5.91 Å². The van der Waals surface area contributed by atoms with Crippen LogP contribution in [0.25, 0.3) is 0 Å². The predicted molar refractivity (Wildman–Crippen MR) is 124 cm³/mol. The van der Waals surface area contributed by atoms with Gasteiger partial charge >= 0.3 is 0 Å². The van der Waals surface area contributed by atoms with E-state index in [1.807, 2.05) is 30.3 Å². The second-order valence-electron chi connectivity index (χ2n) is 8.37. The first kappa shape index (κ1) is 23.5. The van der Waals surface area contributed by atoms with Gasteiger partial charge in [-0.1, -0.05) is 42.5 Å². The van der Waals surface area contributed by atoms with Gasteiger partial charge in [0.05, 0.1) is 24.6 Å². The van der Waals surface area contributed by atoms with Crippen molar-refractivity contribution in [3.63, 3.8) is 0 Å². The maximum absolute atomic E-state index is 13.6. The van der Waals surface area contributed by atoms with Gasteiger partial charge in [-0.25, -0.2) is 9.37 Å². The van der Waals surface area contributed by atoms with E-state index < -0.39 is 6.10 Å². The fourth-order valence-corrected chi connectivity index (χ4v) is 3.87. The Kier molecular flexibility index (Phi) is 7.59. The lowest BCUT2D eigenvalue weighted by Crippen LogP contribution is -2.40. The van der Waals surface area contributed by atoms with Gasteiger partial charge in [0.1, 0.15) is 18.1 Å². The Labute approximate surface area is 198 Å². The average Bonchev–Trinajstić information content (AvgIpc) is 3.00. The van der Waals surface area contributed by atoms with Crippen LogP contribution in [0.5, 0.6) is 0 Å². The van der Waals surface area contributed by atoms with Gasteiger partial charge in [0.15, 0.2) is 0 Å². The lowest BCUT2D eigenvalue weighted by molar-refractivity contribution is -0.131. The monoisotopic (exact) mass is 462 g/mol. The predicted octanol–water partition coefficient (Wildman–Crippen LogP) is 3.04. The van der Waals surface area contributed by atoms with E-state index in [2.05, 4.69) is 9.97 Å². The van der Waals surface area contributed by atoms with Gasteiger partial charge in [-0.15, -0.1) is 0 Å². The summed E-state index contributed by atoms with van der Waals surface area (Å²) >= 11 is 0. The maximum Gasteiger partial charge on any atom is 0.274 e. The lowest BCUT2D eigenvalue weighted by atomic mass is 10.1. The Morgan fingerprint density at radius 1 is 1.06 bits per heavy atom. The van der Waals surface area contributed by atoms with Crippen LogP contribution in [-0.4, -0.2) is 63.9 Å². The molecule has 1 saturated heterocycles. The summed E-state index contributed by atoms with van der Waals surface area (Å²) in [5.41, 5.74) is 2.69. The number of aryl methyl sites for hydroxylation is 1. The van der Waals surface area contributed by atoms with Gasteiger partial charge in [-0.2, -0.15) is 0 Å². The van der Waals surface area contributed by atoms with Crippen molar-refractivity contribution in [2.75, 3.05) is 26.2 Å². The minimum absolute atomic E-state index is 0.0665. The van der Waals surface area contributed by atoms with Crippen molar-refractivity contribution in [3.8, 4) is 0 Å². The van der Waals surface area contributed by atoms with Crippen LogP contribution >= 0.6 is 0 Å². The molecule has 176 valence electrons. The molecular weight excluding hydrogens is 435 g/mol. The fraction of sp³-hybridized carbons (Fsp3) is 0.308. The average molecular weight is 463 g/mol. The molecule has 2 aromatic carbocycles. The molecule has 8 heteroatoms. The number of carbonyl (C=O) groups is 2. The van der Waals surface area contributed by atoms with Crippen molar-refractivity contribution in [2.24, 2.45) is 0 Å². The number of halogens is 1. The minimum atomic E-state index is -0.437. The molecule has 1 aliphatic rings. The molecule has 0 radical (unpaired) electrons. The van der Waals surface area contributed by atoms with Crippen LogP contribution in [-0.2, 0) is 22.6 Å². The van der Waals surface area contributed by atoms with Crippen molar-refractivity contribution in [3.05, 3.63) is 95.3 Å². The summed E-state index contributed by atoms with van der Waals surface area (Å²) in [6, 6.07) is 16.1. The zero-order valence-electron chi connectivity index (χ0n) is 19.1. The molecule has 7 nitrogen and oxygen atoms in total. The normalized spacial score (nSPS) is 16.4. The van der Waals surface area contributed by atoms with E-state index in [9.17, 15) is 14.0 Å². The molecule has 0 aliphatic carbocycles. The van der Waals surface area contributed by atoms with E-state index in [1.54, 1.807) is 24.0 Å². The van der Waals surface area contributed by atoms with Gasteiger partial charge in [0.2, 0.25) is 5.91 Å². The smallest absolute Gasteiger partial charge is 0.274 e. The van der Waals surface area contributed by atoms with E-state index in [1.165, 1.54) is 29.4 Å².